The molecule has 0 saturated heterocycles. The van der Waals surface area contributed by atoms with E-state index in [0.717, 1.165) is 18.5 Å². The van der Waals surface area contributed by atoms with E-state index in [1.165, 1.54) is 25.3 Å². The molecule has 1 heterocycles. The smallest absolute Gasteiger partial charge is 0.267 e. The second-order valence-electron chi connectivity index (χ2n) is 7.98. The van der Waals surface area contributed by atoms with E-state index in [1.54, 1.807) is 11.9 Å². The molecule has 2 aromatic carbocycles. The van der Waals surface area contributed by atoms with Crippen molar-refractivity contribution in [1.82, 2.24) is 15.1 Å². The Morgan fingerprint density at radius 2 is 1.97 bits per heavy atom. The van der Waals surface area contributed by atoms with Gasteiger partial charge in [0.1, 0.15) is 11.6 Å². The molecule has 6 nitrogen and oxygen atoms in total. The molecule has 0 fully saturated rings. The summed E-state index contributed by atoms with van der Waals surface area (Å²) in [5.74, 6) is -0.634. The van der Waals surface area contributed by atoms with Gasteiger partial charge in [0.2, 0.25) is 0 Å². The van der Waals surface area contributed by atoms with Crippen molar-refractivity contribution < 1.29 is 18.7 Å². The molecule has 1 aliphatic rings. The molecule has 0 bridgehead atoms. The van der Waals surface area contributed by atoms with Crippen LogP contribution in [0, 0.1) is 5.82 Å². The van der Waals surface area contributed by atoms with Crippen molar-refractivity contribution >= 4 is 11.8 Å². The van der Waals surface area contributed by atoms with Gasteiger partial charge in [-0.1, -0.05) is 36.4 Å². The highest BCUT2D eigenvalue weighted by Gasteiger charge is 2.24. The highest BCUT2D eigenvalue weighted by Crippen LogP contribution is 2.20. The zero-order valence-electron chi connectivity index (χ0n) is 18.8. The fraction of sp³-hybridized carbons (Fsp3) is 0.360. The van der Waals surface area contributed by atoms with Crippen LogP contribution in [0.2, 0.25) is 0 Å². The number of carbonyl (C=O) groups is 2. The van der Waals surface area contributed by atoms with Crippen LogP contribution in [0.1, 0.15) is 28.8 Å². The molecule has 170 valence electrons. The Morgan fingerprint density at radius 1 is 1.22 bits per heavy atom. The molecule has 2 amide bonds. The van der Waals surface area contributed by atoms with Gasteiger partial charge >= 0.3 is 0 Å². The fourth-order valence-electron chi connectivity index (χ4n) is 3.87. The molecule has 1 aliphatic heterocycles. The van der Waals surface area contributed by atoms with Crippen LogP contribution in [0.15, 0.2) is 60.3 Å². The molecule has 2 aromatic rings. The monoisotopic (exact) mass is 439 g/mol. The van der Waals surface area contributed by atoms with Crippen molar-refractivity contribution in [2.45, 2.75) is 25.3 Å². The molecule has 3 rings (SSSR count). The molecular weight excluding hydrogens is 409 g/mol. The molecule has 0 unspecified atom stereocenters. The molecule has 0 saturated carbocycles. The minimum absolute atomic E-state index is 0.104. The summed E-state index contributed by atoms with van der Waals surface area (Å²) < 4.78 is 19.1. The van der Waals surface area contributed by atoms with Gasteiger partial charge in [-0.05, 0) is 37.0 Å². The van der Waals surface area contributed by atoms with Gasteiger partial charge in [-0.15, -0.1) is 0 Å². The first kappa shape index (κ1) is 23.3. The number of halogens is 1. The highest BCUT2D eigenvalue weighted by molar-refractivity contribution is 5.95. The minimum Gasteiger partial charge on any atom is -0.497 e. The SMILES string of the molecule is COc1cc(F)cc(C(=O)N(C)[C@H](CCNC(=O)C2=CCCN2C)Cc2ccccc2)c1. The van der Waals surface area contributed by atoms with Crippen LogP contribution >= 0.6 is 0 Å². The Bertz CT molecular complexity index is 978. The van der Waals surface area contributed by atoms with Crippen molar-refractivity contribution in [2.75, 3.05) is 34.3 Å². The van der Waals surface area contributed by atoms with Crippen molar-refractivity contribution in [2.24, 2.45) is 0 Å². The first-order valence-corrected chi connectivity index (χ1v) is 10.7. The van der Waals surface area contributed by atoms with E-state index in [1.807, 2.05) is 48.4 Å². The summed E-state index contributed by atoms with van der Waals surface area (Å²) in [5, 5.41) is 2.97. The van der Waals surface area contributed by atoms with Gasteiger partial charge in [0, 0.05) is 44.9 Å². The lowest BCUT2D eigenvalue weighted by atomic mass is 10.0. The molecule has 0 aliphatic carbocycles. The first-order chi connectivity index (χ1) is 15.4. The van der Waals surface area contributed by atoms with Gasteiger partial charge in [0.15, 0.2) is 0 Å². The maximum Gasteiger partial charge on any atom is 0.267 e. The number of amides is 2. The van der Waals surface area contributed by atoms with Crippen LogP contribution in [0.25, 0.3) is 0 Å². The van der Waals surface area contributed by atoms with Gasteiger partial charge < -0.3 is 19.9 Å². The second kappa shape index (κ2) is 10.8. The highest BCUT2D eigenvalue weighted by atomic mass is 19.1. The van der Waals surface area contributed by atoms with Gasteiger partial charge in [-0.2, -0.15) is 0 Å². The third kappa shape index (κ3) is 5.87. The van der Waals surface area contributed by atoms with Crippen molar-refractivity contribution in [3.05, 3.63) is 77.2 Å². The second-order valence-corrected chi connectivity index (χ2v) is 7.98. The van der Waals surface area contributed by atoms with E-state index in [-0.39, 0.29) is 23.4 Å². The number of likely N-dealkylation sites (N-methyl/N-ethyl adjacent to an activating group) is 2. The predicted octanol–water partition coefficient (Wildman–Crippen LogP) is 3.24. The Kier molecular flexibility index (Phi) is 7.87. The van der Waals surface area contributed by atoms with Gasteiger partial charge in [-0.3, -0.25) is 9.59 Å². The van der Waals surface area contributed by atoms with Crippen molar-refractivity contribution in [3.63, 3.8) is 0 Å². The van der Waals surface area contributed by atoms with E-state index in [9.17, 15) is 14.0 Å². The number of nitrogens with zero attached hydrogens (tertiary/aromatic N) is 2. The van der Waals surface area contributed by atoms with Gasteiger partial charge in [0.25, 0.3) is 11.8 Å². The van der Waals surface area contributed by atoms with Crippen LogP contribution < -0.4 is 10.1 Å². The number of methoxy groups -OCH3 is 1. The van der Waals surface area contributed by atoms with Gasteiger partial charge in [0.05, 0.1) is 12.8 Å². The third-order valence-corrected chi connectivity index (χ3v) is 5.75. The van der Waals surface area contributed by atoms with Crippen LogP contribution in [0.4, 0.5) is 4.39 Å². The average molecular weight is 440 g/mol. The molecule has 0 radical (unpaired) electrons. The van der Waals surface area contributed by atoms with Crippen molar-refractivity contribution in [1.29, 1.82) is 0 Å². The summed E-state index contributed by atoms with van der Waals surface area (Å²) in [6, 6.07) is 13.7. The van der Waals surface area contributed by atoms with E-state index < -0.39 is 5.82 Å². The molecular formula is C25H30FN3O3. The largest absolute Gasteiger partial charge is 0.497 e. The fourth-order valence-corrected chi connectivity index (χ4v) is 3.87. The number of rotatable bonds is 9. The predicted molar refractivity (Wildman–Crippen MR) is 122 cm³/mol. The molecule has 1 atom stereocenters. The molecule has 32 heavy (non-hydrogen) atoms. The number of ether oxygens (including phenoxy) is 1. The Hall–Kier alpha value is -3.35. The quantitative estimate of drug-likeness (QED) is 0.652. The number of carbonyl (C=O) groups excluding carboxylic acids is 2. The van der Waals surface area contributed by atoms with Crippen LogP contribution in [-0.2, 0) is 11.2 Å². The lowest BCUT2D eigenvalue weighted by Crippen LogP contribution is -2.41. The Balaban J connectivity index is 1.72. The number of benzene rings is 2. The van der Waals surface area contributed by atoms with E-state index >= 15 is 0 Å². The normalized spacial score (nSPS) is 14.0. The standard InChI is InChI=1S/C25H30FN3O3/c1-28-13-7-10-23(28)24(30)27-12-11-21(14-18-8-5-4-6-9-18)29(2)25(31)19-15-20(26)17-22(16-19)32-3/h4-6,8-10,15-17,21H,7,11-14H2,1-3H3,(H,27,30)/t21-/m1/s1. The summed E-state index contributed by atoms with van der Waals surface area (Å²) in [7, 11) is 5.05. The van der Waals surface area contributed by atoms with Crippen LogP contribution in [-0.4, -0.2) is 62.0 Å². The van der Waals surface area contributed by atoms with Gasteiger partial charge in [-0.25, -0.2) is 4.39 Å². The maximum atomic E-state index is 13.9. The van der Waals surface area contributed by atoms with E-state index in [4.69, 9.17) is 4.74 Å². The van der Waals surface area contributed by atoms with E-state index in [0.29, 0.717) is 30.8 Å². The van der Waals surface area contributed by atoms with E-state index in [2.05, 4.69) is 5.32 Å². The molecule has 1 N–H and O–H groups in total. The van der Waals surface area contributed by atoms with Crippen molar-refractivity contribution in [3.8, 4) is 5.75 Å². The third-order valence-electron chi connectivity index (χ3n) is 5.75. The minimum atomic E-state index is -0.526. The summed E-state index contributed by atoms with van der Waals surface area (Å²) in [6.45, 7) is 1.26. The summed E-state index contributed by atoms with van der Waals surface area (Å²) in [5.41, 5.74) is 1.99. The van der Waals surface area contributed by atoms with Crippen LogP contribution in [0.5, 0.6) is 5.75 Å². The lowest BCUT2D eigenvalue weighted by molar-refractivity contribution is -0.118. The summed E-state index contributed by atoms with van der Waals surface area (Å²) >= 11 is 0. The maximum absolute atomic E-state index is 13.9. The Morgan fingerprint density at radius 3 is 2.62 bits per heavy atom. The molecule has 0 spiro atoms. The topological polar surface area (TPSA) is 61.9 Å². The average Bonchev–Trinajstić information content (AvgIpc) is 3.23. The number of nitrogens with one attached hydrogen (secondary N) is 1. The number of hydrogen-bond donors (Lipinski definition) is 1. The lowest BCUT2D eigenvalue weighted by Gasteiger charge is -2.29. The zero-order valence-corrected chi connectivity index (χ0v) is 18.8. The first-order valence-electron chi connectivity index (χ1n) is 10.7. The van der Waals surface area contributed by atoms with Crippen LogP contribution in [0.3, 0.4) is 0 Å². The summed E-state index contributed by atoms with van der Waals surface area (Å²) in [4.78, 5) is 29.2. The molecule has 0 aromatic heterocycles. The number of hydrogen-bond acceptors (Lipinski definition) is 4. The zero-order chi connectivity index (χ0) is 23.1. The summed E-state index contributed by atoms with van der Waals surface area (Å²) in [6.07, 6.45) is 3.98. The molecule has 7 heteroatoms. The Labute approximate surface area is 188 Å².